The molecule has 0 aliphatic rings. The number of aromatic nitrogens is 1. The molecule has 30 heavy (non-hydrogen) atoms. The normalized spacial score (nSPS) is 12.2. The fraction of sp³-hybridized carbons (Fsp3) is 0.200. The maximum absolute atomic E-state index is 12.6. The maximum Gasteiger partial charge on any atom is 0.279 e. The van der Waals surface area contributed by atoms with E-state index < -0.39 is 0 Å². The molecule has 0 aliphatic heterocycles. The molecule has 4 nitrogen and oxygen atoms in total. The van der Waals surface area contributed by atoms with Crippen molar-refractivity contribution >= 4 is 39.3 Å². The minimum atomic E-state index is -0.349. The third-order valence-corrected chi connectivity index (χ3v) is 5.77. The lowest BCUT2D eigenvalue weighted by molar-refractivity contribution is 0.0998. The molecule has 0 atom stereocenters. The summed E-state index contributed by atoms with van der Waals surface area (Å²) in [5.74, 6) is -0.349. The molecular weight excluding hydrogens is 394 g/mol. The molecule has 5 heteroatoms. The van der Waals surface area contributed by atoms with Crippen molar-refractivity contribution in [3.63, 3.8) is 0 Å². The molecular formula is C25H24ClN3O. The van der Waals surface area contributed by atoms with E-state index >= 15 is 0 Å². The number of carbonyl (C=O) groups is 1. The van der Waals surface area contributed by atoms with Gasteiger partial charge in [-0.1, -0.05) is 67.9 Å². The van der Waals surface area contributed by atoms with E-state index in [0.717, 1.165) is 36.1 Å². The van der Waals surface area contributed by atoms with Crippen molar-refractivity contribution in [2.75, 3.05) is 13.1 Å². The second kappa shape index (κ2) is 8.82. The molecule has 0 fully saturated rings. The van der Waals surface area contributed by atoms with Crippen molar-refractivity contribution < 1.29 is 4.79 Å². The molecule has 3 aromatic carbocycles. The molecule has 4 aromatic rings. The van der Waals surface area contributed by atoms with E-state index in [1.54, 1.807) is 24.3 Å². The van der Waals surface area contributed by atoms with Crippen LogP contribution in [0.4, 0.5) is 0 Å². The van der Waals surface area contributed by atoms with Crippen molar-refractivity contribution in [2.24, 2.45) is 4.99 Å². The molecule has 0 saturated heterocycles. The van der Waals surface area contributed by atoms with Gasteiger partial charge in [-0.2, -0.15) is 0 Å². The minimum absolute atomic E-state index is 0.349. The average Bonchev–Trinajstić information content (AvgIpc) is 2.97. The van der Waals surface area contributed by atoms with Gasteiger partial charge < -0.3 is 4.98 Å². The number of hydrogen-bond acceptors (Lipinski definition) is 2. The zero-order chi connectivity index (χ0) is 21.1. The van der Waals surface area contributed by atoms with Crippen molar-refractivity contribution in [2.45, 2.75) is 20.4 Å². The zero-order valence-electron chi connectivity index (χ0n) is 17.2. The summed E-state index contributed by atoms with van der Waals surface area (Å²) in [6.07, 6.45) is 0. The van der Waals surface area contributed by atoms with Crippen LogP contribution in [0.1, 0.15) is 29.8 Å². The number of H-pyrrole nitrogens is 1. The number of hydrogen-bond donors (Lipinski definition) is 1. The van der Waals surface area contributed by atoms with Gasteiger partial charge in [0.05, 0.1) is 21.5 Å². The van der Waals surface area contributed by atoms with Crippen LogP contribution in [0.25, 0.3) is 21.8 Å². The zero-order valence-corrected chi connectivity index (χ0v) is 17.9. The fourth-order valence-corrected chi connectivity index (χ4v) is 3.97. The molecule has 0 unspecified atom stereocenters. The van der Waals surface area contributed by atoms with Gasteiger partial charge in [-0.15, -0.1) is 0 Å². The van der Waals surface area contributed by atoms with Crippen LogP contribution >= 0.6 is 11.6 Å². The van der Waals surface area contributed by atoms with Gasteiger partial charge in [-0.05, 0) is 42.9 Å². The summed E-state index contributed by atoms with van der Waals surface area (Å²) in [5, 5.41) is 3.28. The van der Waals surface area contributed by atoms with E-state index in [-0.39, 0.29) is 5.91 Å². The summed E-state index contributed by atoms with van der Waals surface area (Å²) in [6.45, 7) is 7.27. The van der Waals surface area contributed by atoms with Gasteiger partial charge in [-0.25, -0.2) is 4.99 Å². The number of aromatic amines is 1. The molecule has 0 saturated carbocycles. The lowest BCUT2D eigenvalue weighted by atomic mass is 10.1. The molecule has 1 aromatic heterocycles. The van der Waals surface area contributed by atoms with Crippen LogP contribution in [0, 0.1) is 0 Å². The Labute approximate surface area is 180 Å². The van der Waals surface area contributed by atoms with Crippen LogP contribution in [-0.4, -0.2) is 28.9 Å². The van der Waals surface area contributed by atoms with E-state index in [4.69, 9.17) is 11.6 Å². The summed E-state index contributed by atoms with van der Waals surface area (Å²) >= 11 is 6.15. The Morgan fingerprint density at radius 3 is 2.47 bits per heavy atom. The van der Waals surface area contributed by atoms with Crippen molar-refractivity contribution in [3.05, 3.63) is 88.2 Å². The Bertz CT molecular complexity index is 1290. The first-order chi connectivity index (χ1) is 14.6. The fourth-order valence-electron chi connectivity index (χ4n) is 3.75. The highest BCUT2D eigenvalue weighted by Crippen LogP contribution is 2.27. The van der Waals surface area contributed by atoms with Crippen LogP contribution in [0.2, 0.25) is 5.02 Å². The molecule has 0 spiro atoms. The van der Waals surface area contributed by atoms with Gasteiger partial charge in [0.25, 0.3) is 5.91 Å². The van der Waals surface area contributed by atoms with Gasteiger partial charge in [0.15, 0.2) is 0 Å². The Kier molecular flexibility index (Phi) is 5.98. The van der Waals surface area contributed by atoms with Gasteiger partial charge in [-0.3, -0.25) is 9.69 Å². The Hall–Kier alpha value is -2.95. The Morgan fingerprint density at radius 2 is 1.70 bits per heavy atom. The number of carbonyl (C=O) groups excluding carboxylic acids is 1. The number of nitrogens with one attached hydrogen (secondary N) is 1. The summed E-state index contributed by atoms with van der Waals surface area (Å²) in [5.41, 5.74) is 3.75. The second-order valence-corrected chi connectivity index (χ2v) is 7.65. The van der Waals surface area contributed by atoms with Gasteiger partial charge in [0.1, 0.15) is 0 Å². The van der Waals surface area contributed by atoms with Crippen molar-refractivity contribution in [1.82, 2.24) is 9.88 Å². The Morgan fingerprint density at radius 1 is 0.967 bits per heavy atom. The first-order valence-electron chi connectivity index (χ1n) is 10.2. The van der Waals surface area contributed by atoms with Gasteiger partial charge in [0, 0.05) is 22.8 Å². The quantitative estimate of drug-likeness (QED) is 0.462. The third kappa shape index (κ3) is 4.02. The standard InChI is InChI=1S/C25H24ClN3O/c1-3-29(4-2)16-17-9-7-13-20-19-12-8-10-18(15-23(19)28-24(17)20)27-25(30)21-11-5-6-14-22(21)26/h5-15,28H,3-4,16H2,1-2H3. The summed E-state index contributed by atoms with van der Waals surface area (Å²) < 4.78 is 0. The first kappa shape index (κ1) is 20.3. The molecule has 1 heterocycles. The molecule has 1 N–H and O–H groups in total. The number of halogens is 1. The molecule has 0 aliphatic carbocycles. The van der Waals surface area contributed by atoms with Crippen molar-refractivity contribution in [3.8, 4) is 0 Å². The lowest BCUT2D eigenvalue weighted by Gasteiger charge is -2.18. The van der Waals surface area contributed by atoms with Gasteiger partial charge >= 0.3 is 0 Å². The second-order valence-electron chi connectivity index (χ2n) is 7.25. The molecule has 1 amide bonds. The number of rotatable bonds is 5. The third-order valence-electron chi connectivity index (χ3n) is 5.44. The summed E-state index contributed by atoms with van der Waals surface area (Å²) in [4.78, 5) is 22.9. The van der Waals surface area contributed by atoms with Crippen LogP contribution in [0.5, 0.6) is 0 Å². The summed E-state index contributed by atoms with van der Waals surface area (Å²) in [6, 6.07) is 21.1. The predicted molar refractivity (Wildman–Crippen MR) is 124 cm³/mol. The van der Waals surface area contributed by atoms with Crippen LogP contribution in [-0.2, 0) is 6.54 Å². The SMILES string of the molecule is CCN(CC)Cc1cccc2c1[nH]c1cc(=NC(=O)c3ccccc3Cl)cccc12. The average molecular weight is 418 g/mol. The van der Waals surface area contributed by atoms with E-state index in [2.05, 4.69) is 53.0 Å². The first-order valence-corrected chi connectivity index (χ1v) is 10.6. The summed E-state index contributed by atoms with van der Waals surface area (Å²) in [7, 11) is 0. The molecule has 0 bridgehead atoms. The minimum Gasteiger partial charge on any atom is -0.354 e. The van der Waals surface area contributed by atoms with E-state index in [1.165, 1.54) is 10.9 Å². The molecule has 152 valence electrons. The number of fused-ring (bicyclic) bond motifs is 3. The highest BCUT2D eigenvalue weighted by Gasteiger charge is 2.11. The molecule has 4 rings (SSSR count). The highest BCUT2D eigenvalue weighted by molar-refractivity contribution is 6.33. The van der Waals surface area contributed by atoms with Crippen LogP contribution in [0.3, 0.4) is 0 Å². The van der Waals surface area contributed by atoms with E-state index in [9.17, 15) is 4.79 Å². The van der Waals surface area contributed by atoms with Gasteiger partial charge in [0.2, 0.25) is 0 Å². The van der Waals surface area contributed by atoms with E-state index in [1.807, 2.05) is 18.2 Å². The van der Waals surface area contributed by atoms with Crippen LogP contribution < -0.4 is 5.36 Å². The largest absolute Gasteiger partial charge is 0.354 e. The molecule has 0 radical (unpaired) electrons. The van der Waals surface area contributed by atoms with E-state index in [0.29, 0.717) is 15.9 Å². The highest BCUT2D eigenvalue weighted by atomic mass is 35.5. The predicted octanol–water partition coefficient (Wildman–Crippen LogP) is 5.56. The monoisotopic (exact) mass is 417 g/mol. The number of amides is 1. The number of para-hydroxylation sites is 1. The smallest absolute Gasteiger partial charge is 0.279 e. The van der Waals surface area contributed by atoms with Crippen molar-refractivity contribution in [1.29, 1.82) is 0 Å². The maximum atomic E-state index is 12.6. The Balaban J connectivity index is 1.83. The number of nitrogens with zero attached hydrogens (tertiary/aromatic N) is 2. The lowest BCUT2D eigenvalue weighted by Crippen LogP contribution is -2.22. The topological polar surface area (TPSA) is 48.5 Å². The number of benzene rings is 2. The van der Waals surface area contributed by atoms with Crippen LogP contribution in [0.15, 0.2) is 71.7 Å².